The van der Waals surface area contributed by atoms with E-state index in [0.717, 1.165) is 35.6 Å². The van der Waals surface area contributed by atoms with E-state index in [1.165, 1.54) is 0 Å². The molecule has 0 saturated heterocycles. The Hall–Kier alpha value is -2.54. The SMILES string of the molecule is CCCCC(CC)CNC(=O)CN(c1ccc(OCC)cc1)S(=O)(=O)c1ccc(C)cc1. The van der Waals surface area contributed by atoms with Gasteiger partial charge < -0.3 is 10.1 Å². The van der Waals surface area contributed by atoms with Crippen LogP contribution in [0.4, 0.5) is 5.69 Å². The number of anilines is 1. The highest BCUT2D eigenvalue weighted by molar-refractivity contribution is 7.92. The van der Waals surface area contributed by atoms with Gasteiger partial charge in [-0.2, -0.15) is 0 Å². The minimum absolute atomic E-state index is 0.152. The van der Waals surface area contributed by atoms with Crippen molar-refractivity contribution in [1.82, 2.24) is 5.32 Å². The zero-order valence-electron chi connectivity index (χ0n) is 19.6. The predicted octanol–water partition coefficient (Wildman–Crippen LogP) is 4.92. The summed E-state index contributed by atoms with van der Waals surface area (Å²) in [7, 11) is -3.92. The van der Waals surface area contributed by atoms with E-state index in [1.807, 2.05) is 13.8 Å². The number of hydrogen-bond donors (Lipinski definition) is 1. The fraction of sp³-hybridized carbons (Fsp3) is 0.480. The maximum atomic E-state index is 13.4. The van der Waals surface area contributed by atoms with Crippen molar-refractivity contribution in [2.75, 3.05) is 24.0 Å². The molecule has 1 atom stereocenters. The van der Waals surface area contributed by atoms with Crippen molar-refractivity contribution in [3.8, 4) is 5.75 Å². The molecular formula is C25H36N2O4S. The van der Waals surface area contributed by atoms with Crippen LogP contribution in [0.25, 0.3) is 0 Å². The third-order valence-corrected chi connectivity index (χ3v) is 7.25. The standard InChI is InChI=1S/C25H36N2O4S/c1-5-8-9-21(6-2)18-26-25(28)19-27(22-12-14-23(15-13-22)31-7-3)32(29,30)24-16-10-20(4)11-17-24/h10-17,21H,5-9,18-19H2,1-4H3,(H,26,28). The molecule has 0 aliphatic rings. The summed E-state index contributed by atoms with van der Waals surface area (Å²) in [5.74, 6) is 0.728. The summed E-state index contributed by atoms with van der Waals surface area (Å²) in [6, 6.07) is 13.4. The first-order chi connectivity index (χ1) is 15.3. The first-order valence-corrected chi connectivity index (χ1v) is 12.8. The second kappa shape index (κ2) is 12.5. The van der Waals surface area contributed by atoms with Gasteiger partial charge in [-0.1, -0.05) is 50.8 Å². The topological polar surface area (TPSA) is 75.7 Å². The van der Waals surface area contributed by atoms with E-state index in [0.29, 0.717) is 30.5 Å². The Morgan fingerprint density at radius 3 is 2.25 bits per heavy atom. The van der Waals surface area contributed by atoms with E-state index in [9.17, 15) is 13.2 Å². The van der Waals surface area contributed by atoms with E-state index in [2.05, 4.69) is 19.2 Å². The number of carbonyl (C=O) groups is 1. The summed E-state index contributed by atoms with van der Waals surface area (Å²) in [5, 5.41) is 2.94. The number of nitrogens with zero attached hydrogens (tertiary/aromatic N) is 1. The van der Waals surface area contributed by atoms with Gasteiger partial charge in [0.05, 0.1) is 17.2 Å². The zero-order chi connectivity index (χ0) is 23.6. The van der Waals surface area contributed by atoms with Crippen molar-refractivity contribution < 1.29 is 17.9 Å². The van der Waals surface area contributed by atoms with Crippen LogP contribution in [-0.2, 0) is 14.8 Å². The molecule has 1 N–H and O–H groups in total. The molecule has 0 bridgehead atoms. The number of nitrogens with one attached hydrogen (secondary N) is 1. The van der Waals surface area contributed by atoms with Gasteiger partial charge in [-0.25, -0.2) is 8.42 Å². The monoisotopic (exact) mass is 460 g/mol. The lowest BCUT2D eigenvalue weighted by Crippen LogP contribution is -2.42. The Morgan fingerprint density at radius 1 is 1.03 bits per heavy atom. The molecule has 0 spiro atoms. The molecule has 7 heteroatoms. The van der Waals surface area contributed by atoms with Crippen molar-refractivity contribution in [3.05, 3.63) is 54.1 Å². The largest absolute Gasteiger partial charge is 0.494 e. The molecule has 6 nitrogen and oxygen atoms in total. The summed E-state index contributed by atoms with van der Waals surface area (Å²) in [6.07, 6.45) is 4.27. The van der Waals surface area contributed by atoms with Crippen LogP contribution in [0.15, 0.2) is 53.4 Å². The van der Waals surface area contributed by atoms with Crippen molar-refractivity contribution >= 4 is 21.6 Å². The fourth-order valence-electron chi connectivity index (χ4n) is 3.42. The maximum absolute atomic E-state index is 13.4. The van der Waals surface area contributed by atoms with Gasteiger partial charge in [-0.05, 0) is 62.6 Å². The summed E-state index contributed by atoms with van der Waals surface area (Å²) >= 11 is 0. The molecule has 176 valence electrons. The Kier molecular flexibility index (Phi) is 10.0. The quantitative estimate of drug-likeness (QED) is 0.460. The van der Waals surface area contributed by atoms with Crippen LogP contribution in [0.2, 0.25) is 0 Å². The Labute approximate surface area is 193 Å². The molecular weight excluding hydrogens is 424 g/mol. The number of sulfonamides is 1. The highest BCUT2D eigenvalue weighted by Gasteiger charge is 2.27. The van der Waals surface area contributed by atoms with Gasteiger partial charge in [0.2, 0.25) is 5.91 Å². The minimum Gasteiger partial charge on any atom is -0.494 e. The van der Waals surface area contributed by atoms with Crippen molar-refractivity contribution in [1.29, 1.82) is 0 Å². The average Bonchev–Trinajstić information content (AvgIpc) is 2.78. The fourth-order valence-corrected chi connectivity index (χ4v) is 4.84. The molecule has 0 aromatic heterocycles. The number of aryl methyl sites for hydroxylation is 1. The van der Waals surface area contributed by atoms with Crippen molar-refractivity contribution in [2.45, 2.75) is 58.3 Å². The summed E-state index contributed by atoms with van der Waals surface area (Å²) in [4.78, 5) is 12.9. The van der Waals surface area contributed by atoms with Gasteiger partial charge in [0, 0.05) is 6.54 Å². The van der Waals surface area contributed by atoms with E-state index in [-0.39, 0.29) is 17.3 Å². The molecule has 2 aromatic carbocycles. The maximum Gasteiger partial charge on any atom is 0.264 e. The third kappa shape index (κ3) is 7.26. The zero-order valence-corrected chi connectivity index (χ0v) is 20.5. The number of hydrogen-bond acceptors (Lipinski definition) is 4. The Balaban J connectivity index is 2.25. The number of carbonyl (C=O) groups excluding carboxylic acids is 1. The first-order valence-electron chi connectivity index (χ1n) is 11.4. The lowest BCUT2D eigenvalue weighted by Gasteiger charge is -2.25. The van der Waals surface area contributed by atoms with Crippen LogP contribution in [0, 0.1) is 12.8 Å². The minimum atomic E-state index is -3.92. The second-order valence-electron chi connectivity index (χ2n) is 7.97. The van der Waals surface area contributed by atoms with E-state index < -0.39 is 10.0 Å². The summed E-state index contributed by atoms with van der Waals surface area (Å²) in [6.45, 7) is 8.83. The number of ether oxygens (including phenoxy) is 1. The van der Waals surface area contributed by atoms with Crippen molar-refractivity contribution in [3.63, 3.8) is 0 Å². The highest BCUT2D eigenvalue weighted by atomic mass is 32.2. The Morgan fingerprint density at radius 2 is 1.69 bits per heavy atom. The van der Waals surface area contributed by atoms with Crippen molar-refractivity contribution in [2.24, 2.45) is 5.92 Å². The molecule has 1 unspecified atom stereocenters. The van der Waals surface area contributed by atoms with Crippen LogP contribution < -0.4 is 14.4 Å². The van der Waals surface area contributed by atoms with Crippen LogP contribution in [0.5, 0.6) is 5.75 Å². The van der Waals surface area contributed by atoms with Crippen LogP contribution in [-0.4, -0.2) is 34.0 Å². The molecule has 0 aliphatic carbocycles. The number of benzene rings is 2. The number of amides is 1. The molecule has 32 heavy (non-hydrogen) atoms. The molecule has 0 heterocycles. The summed E-state index contributed by atoms with van der Waals surface area (Å²) in [5.41, 5.74) is 1.38. The molecule has 0 saturated carbocycles. The number of unbranched alkanes of at least 4 members (excludes halogenated alkanes) is 1. The third-order valence-electron chi connectivity index (χ3n) is 5.46. The van der Waals surface area contributed by atoms with Gasteiger partial charge in [0.25, 0.3) is 10.0 Å². The first kappa shape index (κ1) is 25.7. The summed E-state index contributed by atoms with van der Waals surface area (Å²) < 4.78 is 33.5. The second-order valence-corrected chi connectivity index (χ2v) is 9.83. The van der Waals surface area contributed by atoms with Crippen LogP contribution in [0.1, 0.15) is 52.0 Å². The van der Waals surface area contributed by atoms with E-state index in [1.54, 1.807) is 48.5 Å². The van der Waals surface area contributed by atoms with E-state index in [4.69, 9.17) is 4.74 Å². The smallest absolute Gasteiger partial charge is 0.264 e. The molecule has 1 amide bonds. The molecule has 0 fully saturated rings. The van der Waals surface area contributed by atoms with Gasteiger partial charge in [-0.3, -0.25) is 9.10 Å². The highest BCUT2D eigenvalue weighted by Crippen LogP contribution is 2.26. The number of rotatable bonds is 13. The Bertz CT molecular complexity index is 941. The van der Waals surface area contributed by atoms with Gasteiger partial charge in [0.15, 0.2) is 0 Å². The molecule has 0 radical (unpaired) electrons. The van der Waals surface area contributed by atoms with E-state index >= 15 is 0 Å². The molecule has 2 aromatic rings. The average molecular weight is 461 g/mol. The molecule has 2 rings (SSSR count). The van der Waals surface area contributed by atoms with Gasteiger partial charge >= 0.3 is 0 Å². The predicted molar refractivity (Wildman–Crippen MR) is 130 cm³/mol. The lowest BCUT2D eigenvalue weighted by molar-refractivity contribution is -0.119. The lowest BCUT2D eigenvalue weighted by atomic mass is 9.99. The van der Waals surface area contributed by atoms with Gasteiger partial charge in [-0.15, -0.1) is 0 Å². The molecule has 0 aliphatic heterocycles. The van der Waals surface area contributed by atoms with Gasteiger partial charge in [0.1, 0.15) is 12.3 Å². The van der Waals surface area contributed by atoms with Crippen LogP contribution in [0.3, 0.4) is 0 Å². The normalized spacial score (nSPS) is 12.2. The van der Waals surface area contributed by atoms with Crippen LogP contribution >= 0.6 is 0 Å².